The Labute approximate surface area is 159 Å². The van der Waals surface area contributed by atoms with Gasteiger partial charge in [0.1, 0.15) is 11.5 Å². The molecule has 6 nitrogen and oxygen atoms in total. The average Bonchev–Trinajstić information content (AvgIpc) is 2.71. The summed E-state index contributed by atoms with van der Waals surface area (Å²) in [7, 11) is 0. The molecular weight excluding hydrogens is 338 g/mol. The van der Waals surface area contributed by atoms with Gasteiger partial charge in [0.2, 0.25) is 5.95 Å². The van der Waals surface area contributed by atoms with Crippen molar-refractivity contribution < 1.29 is 4.74 Å². The lowest BCUT2D eigenvalue weighted by molar-refractivity contribution is 0.460. The molecule has 1 saturated carbocycles. The highest BCUT2D eigenvalue weighted by Crippen LogP contribution is 2.24. The molecule has 1 aliphatic carbocycles. The van der Waals surface area contributed by atoms with E-state index in [4.69, 9.17) is 4.74 Å². The third-order valence-electron chi connectivity index (χ3n) is 4.60. The van der Waals surface area contributed by atoms with E-state index in [1.54, 1.807) is 6.20 Å². The highest BCUT2D eigenvalue weighted by molar-refractivity contribution is 5.57. The molecular formula is C21H23N5O. The van der Waals surface area contributed by atoms with Crippen molar-refractivity contribution >= 4 is 17.5 Å². The van der Waals surface area contributed by atoms with Crippen LogP contribution in [0.3, 0.4) is 0 Å². The first-order valence-corrected chi connectivity index (χ1v) is 9.41. The topological polar surface area (TPSA) is 72.0 Å². The number of aromatic nitrogens is 3. The number of ether oxygens (including phenoxy) is 1. The number of para-hydroxylation sites is 1. The van der Waals surface area contributed by atoms with Gasteiger partial charge in [-0.25, -0.2) is 0 Å². The van der Waals surface area contributed by atoms with Gasteiger partial charge < -0.3 is 15.4 Å². The molecule has 1 fully saturated rings. The van der Waals surface area contributed by atoms with Gasteiger partial charge in [-0.15, -0.1) is 5.10 Å². The standard InChI is InChI=1S/C21H23N5O/c1-3-7-16(8-4-1)24-21-25-20(15-22-26-21)23-17-11-13-19(14-12-17)27-18-9-5-2-6-10-18/h2,5-6,9-16H,1,3-4,7-8H2,(H2,23,24,25,26). The van der Waals surface area contributed by atoms with Gasteiger partial charge in [-0.1, -0.05) is 37.5 Å². The zero-order valence-corrected chi connectivity index (χ0v) is 15.1. The molecule has 138 valence electrons. The number of rotatable bonds is 6. The van der Waals surface area contributed by atoms with Crippen molar-refractivity contribution in [2.45, 2.75) is 38.1 Å². The Morgan fingerprint density at radius 1 is 0.852 bits per heavy atom. The number of benzene rings is 2. The largest absolute Gasteiger partial charge is 0.457 e. The highest BCUT2D eigenvalue weighted by atomic mass is 16.5. The van der Waals surface area contributed by atoms with Gasteiger partial charge in [0, 0.05) is 11.7 Å². The predicted octanol–water partition coefficient (Wildman–Crippen LogP) is 5.15. The normalized spacial score (nSPS) is 14.5. The summed E-state index contributed by atoms with van der Waals surface area (Å²) in [5.41, 5.74) is 0.916. The SMILES string of the molecule is c1ccc(Oc2ccc(Nc3cnnc(NC4CCCCC4)n3)cc2)cc1. The number of hydrogen-bond acceptors (Lipinski definition) is 6. The van der Waals surface area contributed by atoms with Crippen LogP contribution in [-0.4, -0.2) is 21.2 Å². The molecule has 3 aromatic rings. The number of nitrogens with zero attached hydrogens (tertiary/aromatic N) is 3. The summed E-state index contributed by atoms with van der Waals surface area (Å²) >= 11 is 0. The van der Waals surface area contributed by atoms with Crippen LogP contribution < -0.4 is 15.4 Å². The molecule has 0 saturated heterocycles. The van der Waals surface area contributed by atoms with Crippen LogP contribution in [0.5, 0.6) is 11.5 Å². The summed E-state index contributed by atoms with van der Waals surface area (Å²) in [6, 6.07) is 17.9. The lowest BCUT2D eigenvalue weighted by atomic mass is 9.96. The Hall–Kier alpha value is -3.15. The first-order valence-electron chi connectivity index (χ1n) is 9.41. The van der Waals surface area contributed by atoms with Gasteiger partial charge in [0.05, 0.1) is 6.20 Å². The van der Waals surface area contributed by atoms with E-state index < -0.39 is 0 Å². The molecule has 0 bridgehead atoms. The molecule has 0 aliphatic heterocycles. The van der Waals surface area contributed by atoms with Gasteiger partial charge >= 0.3 is 0 Å². The van der Waals surface area contributed by atoms with Gasteiger partial charge in [-0.3, -0.25) is 0 Å². The monoisotopic (exact) mass is 361 g/mol. The van der Waals surface area contributed by atoms with Crippen LogP contribution in [0.4, 0.5) is 17.5 Å². The molecule has 0 spiro atoms. The molecule has 4 rings (SSSR count). The second-order valence-electron chi connectivity index (χ2n) is 6.71. The van der Waals surface area contributed by atoms with E-state index >= 15 is 0 Å². The van der Waals surface area contributed by atoms with E-state index in [2.05, 4.69) is 25.8 Å². The van der Waals surface area contributed by atoms with Crippen molar-refractivity contribution in [2.75, 3.05) is 10.6 Å². The maximum atomic E-state index is 5.81. The predicted molar refractivity (Wildman–Crippen MR) is 107 cm³/mol. The number of hydrogen-bond donors (Lipinski definition) is 2. The summed E-state index contributed by atoms with van der Waals surface area (Å²) in [6.07, 6.45) is 7.82. The Morgan fingerprint density at radius 3 is 2.37 bits per heavy atom. The van der Waals surface area contributed by atoms with Crippen molar-refractivity contribution in [1.82, 2.24) is 15.2 Å². The summed E-state index contributed by atoms with van der Waals surface area (Å²) in [4.78, 5) is 4.53. The second-order valence-corrected chi connectivity index (χ2v) is 6.71. The van der Waals surface area contributed by atoms with Crippen LogP contribution >= 0.6 is 0 Å². The second kappa shape index (κ2) is 8.49. The fourth-order valence-electron chi connectivity index (χ4n) is 3.23. The van der Waals surface area contributed by atoms with Crippen molar-refractivity contribution in [3.8, 4) is 11.5 Å². The lowest BCUT2D eigenvalue weighted by Crippen LogP contribution is -2.23. The zero-order valence-electron chi connectivity index (χ0n) is 15.1. The summed E-state index contributed by atoms with van der Waals surface area (Å²) in [5.74, 6) is 2.85. The molecule has 6 heteroatoms. The van der Waals surface area contributed by atoms with Gasteiger partial charge in [-0.05, 0) is 49.2 Å². The zero-order chi connectivity index (χ0) is 18.3. The fraction of sp³-hybridized carbons (Fsp3) is 0.286. The van der Waals surface area contributed by atoms with Gasteiger partial charge in [0.25, 0.3) is 0 Å². The summed E-state index contributed by atoms with van der Waals surface area (Å²) in [5, 5.41) is 14.8. The van der Waals surface area contributed by atoms with Crippen molar-refractivity contribution in [3.63, 3.8) is 0 Å². The van der Waals surface area contributed by atoms with E-state index in [9.17, 15) is 0 Å². The van der Waals surface area contributed by atoms with Crippen LogP contribution in [-0.2, 0) is 0 Å². The average molecular weight is 361 g/mol. The van der Waals surface area contributed by atoms with E-state index in [1.165, 1.54) is 32.1 Å². The van der Waals surface area contributed by atoms with E-state index in [0.29, 0.717) is 17.8 Å². The van der Waals surface area contributed by atoms with Crippen LogP contribution in [0.2, 0.25) is 0 Å². The maximum absolute atomic E-state index is 5.81. The van der Waals surface area contributed by atoms with Crippen LogP contribution in [0, 0.1) is 0 Å². The third-order valence-corrected chi connectivity index (χ3v) is 4.60. The van der Waals surface area contributed by atoms with E-state index in [0.717, 1.165) is 17.2 Å². The Bertz CT molecular complexity index is 848. The molecule has 1 aliphatic rings. The highest BCUT2D eigenvalue weighted by Gasteiger charge is 2.14. The molecule has 27 heavy (non-hydrogen) atoms. The first-order chi connectivity index (χ1) is 13.3. The maximum Gasteiger partial charge on any atom is 0.244 e. The Morgan fingerprint density at radius 2 is 1.59 bits per heavy atom. The molecule has 0 radical (unpaired) electrons. The minimum atomic E-state index is 0.449. The molecule has 2 N–H and O–H groups in total. The molecule has 0 amide bonds. The van der Waals surface area contributed by atoms with E-state index in [1.807, 2.05) is 54.6 Å². The smallest absolute Gasteiger partial charge is 0.244 e. The molecule has 0 atom stereocenters. The molecule has 1 aromatic heterocycles. The van der Waals surface area contributed by atoms with E-state index in [-0.39, 0.29) is 0 Å². The number of anilines is 3. The lowest BCUT2D eigenvalue weighted by Gasteiger charge is -2.22. The fourth-order valence-corrected chi connectivity index (χ4v) is 3.23. The number of nitrogens with one attached hydrogen (secondary N) is 2. The van der Waals surface area contributed by atoms with Crippen molar-refractivity contribution in [3.05, 3.63) is 60.8 Å². The van der Waals surface area contributed by atoms with Gasteiger partial charge in [-0.2, -0.15) is 10.1 Å². The molecule has 1 heterocycles. The van der Waals surface area contributed by atoms with Crippen molar-refractivity contribution in [1.29, 1.82) is 0 Å². The molecule has 2 aromatic carbocycles. The first kappa shape index (κ1) is 17.3. The minimum absolute atomic E-state index is 0.449. The third kappa shape index (κ3) is 4.94. The van der Waals surface area contributed by atoms with Crippen LogP contribution in [0.25, 0.3) is 0 Å². The minimum Gasteiger partial charge on any atom is -0.457 e. The summed E-state index contributed by atoms with van der Waals surface area (Å²) in [6.45, 7) is 0. The van der Waals surface area contributed by atoms with Crippen molar-refractivity contribution in [2.24, 2.45) is 0 Å². The summed E-state index contributed by atoms with van der Waals surface area (Å²) < 4.78 is 5.81. The van der Waals surface area contributed by atoms with Crippen LogP contribution in [0.1, 0.15) is 32.1 Å². The van der Waals surface area contributed by atoms with Gasteiger partial charge in [0.15, 0.2) is 5.82 Å². The Balaban J connectivity index is 1.37. The molecule has 0 unspecified atom stereocenters. The quantitative estimate of drug-likeness (QED) is 0.632. The van der Waals surface area contributed by atoms with Crippen LogP contribution in [0.15, 0.2) is 60.8 Å². The Kier molecular flexibility index (Phi) is 5.43.